The lowest BCUT2D eigenvalue weighted by molar-refractivity contribution is -0.147. The van der Waals surface area contributed by atoms with Crippen molar-refractivity contribution in [2.75, 3.05) is 27.4 Å². The van der Waals surface area contributed by atoms with Crippen molar-refractivity contribution in [3.05, 3.63) is 46.2 Å². The SMILES string of the molecule is COc1ccc(OC)c([C@@H](C)NC(=O)COC(=O)CNC(=O)c2cccs2)c1. The lowest BCUT2D eigenvalue weighted by Crippen LogP contribution is -2.34. The zero-order valence-electron chi connectivity index (χ0n) is 15.8. The van der Waals surface area contributed by atoms with Gasteiger partial charge in [-0.15, -0.1) is 11.3 Å². The first-order chi connectivity index (χ1) is 13.4. The first-order valence-electron chi connectivity index (χ1n) is 8.43. The van der Waals surface area contributed by atoms with Crippen LogP contribution in [0.15, 0.2) is 35.7 Å². The minimum atomic E-state index is -0.702. The van der Waals surface area contributed by atoms with Crippen LogP contribution in [0.3, 0.4) is 0 Å². The summed E-state index contributed by atoms with van der Waals surface area (Å²) in [5, 5.41) is 6.93. The molecule has 0 bridgehead atoms. The molecule has 0 aliphatic heterocycles. The van der Waals surface area contributed by atoms with Gasteiger partial charge in [0.05, 0.1) is 25.1 Å². The summed E-state index contributed by atoms with van der Waals surface area (Å²) in [5.41, 5.74) is 0.727. The van der Waals surface area contributed by atoms with Crippen molar-refractivity contribution >= 4 is 29.1 Å². The summed E-state index contributed by atoms with van der Waals surface area (Å²) in [6, 6.07) is 8.25. The number of benzene rings is 1. The number of ether oxygens (including phenoxy) is 3. The van der Waals surface area contributed by atoms with E-state index in [1.54, 1.807) is 49.7 Å². The molecule has 0 aliphatic carbocycles. The number of esters is 1. The molecule has 1 aromatic carbocycles. The molecule has 2 N–H and O–H groups in total. The van der Waals surface area contributed by atoms with Gasteiger partial charge in [-0.1, -0.05) is 6.07 Å². The van der Waals surface area contributed by atoms with Crippen molar-refractivity contribution < 1.29 is 28.6 Å². The van der Waals surface area contributed by atoms with Crippen molar-refractivity contribution in [2.45, 2.75) is 13.0 Å². The predicted molar refractivity (Wildman–Crippen MR) is 104 cm³/mol. The Morgan fingerprint density at radius 3 is 2.57 bits per heavy atom. The lowest BCUT2D eigenvalue weighted by Gasteiger charge is -2.18. The van der Waals surface area contributed by atoms with Crippen LogP contribution >= 0.6 is 11.3 Å². The largest absolute Gasteiger partial charge is 0.497 e. The zero-order valence-corrected chi connectivity index (χ0v) is 16.6. The molecule has 2 aromatic rings. The maximum Gasteiger partial charge on any atom is 0.325 e. The normalized spacial score (nSPS) is 11.2. The van der Waals surface area contributed by atoms with Gasteiger partial charge in [-0.25, -0.2) is 0 Å². The summed E-state index contributed by atoms with van der Waals surface area (Å²) >= 11 is 1.26. The van der Waals surface area contributed by atoms with E-state index in [9.17, 15) is 14.4 Å². The summed E-state index contributed by atoms with van der Waals surface area (Å²) < 4.78 is 15.4. The monoisotopic (exact) mass is 406 g/mol. The maximum atomic E-state index is 12.1. The van der Waals surface area contributed by atoms with E-state index in [2.05, 4.69) is 10.6 Å². The highest BCUT2D eigenvalue weighted by Crippen LogP contribution is 2.29. The van der Waals surface area contributed by atoms with Gasteiger partial charge in [0.25, 0.3) is 11.8 Å². The molecule has 8 nitrogen and oxygen atoms in total. The number of methoxy groups -OCH3 is 2. The Labute approximate surface area is 166 Å². The Balaban J connectivity index is 1.80. The van der Waals surface area contributed by atoms with Gasteiger partial charge in [0.1, 0.15) is 18.0 Å². The molecule has 1 heterocycles. The number of hydrogen-bond donors (Lipinski definition) is 2. The van der Waals surface area contributed by atoms with E-state index < -0.39 is 24.5 Å². The molecule has 1 aromatic heterocycles. The summed E-state index contributed by atoms with van der Waals surface area (Å²) in [7, 11) is 3.08. The highest BCUT2D eigenvalue weighted by atomic mass is 32.1. The van der Waals surface area contributed by atoms with Crippen molar-refractivity contribution in [3.63, 3.8) is 0 Å². The average Bonchev–Trinajstić information content (AvgIpc) is 3.24. The van der Waals surface area contributed by atoms with Gasteiger partial charge in [-0.3, -0.25) is 14.4 Å². The minimum Gasteiger partial charge on any atom is -0.497 e. The standard InChI is InChI=1S/C19H22N2O6S/c1-12(14-9-13(25-2)6-7-15(14)26-3)21-17(22)11-27-18(23)10-20-19(24)16-5-4-8-28-16/h4-9,12H,10-11H2,1-3H3,(H,20,24)(H,21,22)/t12-/m1/s1. The smallest absolute Gasteiger partial charge is 0.325 e. The molecular weight excluding hydrogens is 384 g/mol. The van der Waals surface area contributed by atoms with E-state index in [1.807, 2.05) is 0 Å². The third-order valence-electron chi connectivity index (χ3n) is 3.78. The van der Waals surface area contributed by atoms with Crippen LogP contribution in [0.5, 0.6) is 11.5 Å². The van der Waals surface area contributed by atoms with Crippen molar-refractivity contribution in [1.29, 1.82) is 0 Å². The molecule has 9 heteroatoms. The molecule has 2 amide bonds. The van der Waals surface area contributed by atoms with Crippen LogP contribution in [0.2, 0.25) is 0 Å². The molecule has 0 aliphatic rings. The first kappa shape index (κ1) is 21.2. The molecule has 28 heavy (non-hydrogen) atoms. The molecule has 0 fully saturated rings. The van der Waals surface area contributed by atoms with Gasteiger partial charge in [-0.2, -0.15) is 0 Å². The van der Waals surface area contributed by atoms with Crippen LogP contribution in [0.4, 0.5) is 0 Å². The van der Waals surface area contributed by atoms with E-state index >= 15 is 0 Å². The van der Waals surface area contributed by atoms with Crippen molar-refractivity contribution in [2.24, 2.45) is 0 Å². The van der Waals surface area contributed by atoms with E-state index in [4.69, 9.17) is 14.2 Å². The third kappa shape index (κ3) is 5.98. The predicted octanol–water partition coefficient (Wildman–Crippen LogP) is 1.92. The van der Waals surface area contributed by atoms with Gasteiger partial charge in [0.15, 0.2) is 6.61 Å². The lowest BCUT2D eigenvalue weighted by atomic mass is 10.1. The fourth-order valence-electron chi connectivity index (χ4n) is 2.38. The Morgan fingerprint density at radius 2 is 1.93 bits per heavy atom. The van der Waals surface area contributed by atoms with E-state index in [-0.39, 0.29) is 12.5 Å². The van der Waals surface area contributed by atoms with E-state index in [1.165, 1.54) is 18.4 Å². The topological polar surface area (TPSA) is 103 Å². The molecule has 0 saturated heterocycles. The van der Waals surface area contributed by atoms with Gasteiger partial charge in [0.2, 0.25) is 0 Å². The highest BCUT2D eigenvalue weighted by Gasteiger charge is 2.17. The van der Waals surface area contributed by atoms with Crippen LogP contribution in [-0.2, 0) is 14.3 Å². The number of carbonyl (C=O) groups is 3. The van der Waals surface area contributed by atoms with Crippen LogP contribution < -0.4 is 20.1 Å². The summed E-state index contributed by atoms with van der Waals surface area (Å²) in [6.07, 6.45) is 0. The van der Waals surface area contributed by atoms with Crippen LogP contribution in [0.25, 0.3) is 0 Å². The molecule has 1 atom stereocenters. The quantitative estimate of drug-likeness (QED) is 0.617. The molecule has 150 valence electrons. The van der Waals surface area contributed by atoms with Crippen LogP contribution in [0, 0.1) is 0 Å². The Hall–Kier alpha value is -3.07. The Bertz CT molecular complexity index is 822. The molecule has 2 rings (SSSR count). The van der Waals surface area contributed by atoms with Gasteiger partial charge in [-0.05, 0) is 36.6 Å². The number of nitrogens with one attached hydrogen (secondary N) is 2. The van der Waals surface area contributed by atoms with Crippen LogP contribution in [0.1, 0.15) is 28.2 Å². The molecule has 0 unspecified atom stereocenters. The molecular formula is C19H22N2O6S. The summed E-state index contributed by atoms with van der Waals surface area (Å²) in [5.74, 6) is -0.316. The number of hydrogen-bond acceptors (Lipinski definition) is 7. The van der Waals surface area contributed by atoms with Gasteiger partial charge in [0, 0.05) is 5.56 Å². The fourth-order valence-corrected chi connectivity index (χ4v) is 3.02. The van der Waals surface area contributed by atoms with E-state index in [0.717, 1.165) is 5.56 Å². The van der Waals surface area contributed by atoms with Crippen LogP contribution in [-0.4, -0.2) is 45.2 Å². The first-order valence-corrected chi connectivity index (χ1v) is 9.31. The summed E-state index contributed by atoms with van der Waals surface area (Å²) in [4.78, 5) is 36.0. The fraction of sp³-hybridized carbons (Fsp3) is 0.316. The number of amides is 2. The molecule has 0 saturated carbocycles. The van der Waals surface area contributed by atoms with Crippen molar-refractivity contribution in [3.8, 4) is 11.5 Å². The molecule has 0 radical (unpaired) electrons. The summed E-state index contributed by atoms with van der Waals surface area (Å²) in [6.45, 7) is 1.01. The van der Waals surface area contributed by atoms with E-state index in [0.29, 0.717) is 16.4 Å². The highest BCUT2D eigenvalue weighted by molar-refractivity contribution is 7.12. The van der Waals surface area contributed by atoms with Crippen molar-refractivity contribution in [1.82, 2.24) is 10.6 Å². The second-order valence-corrected chi connectivity index (χ2v) is 6.67. The zero-order chi connectivity index (χ0) is 20.5. The number of carbonyl (C=O) groups excluding carboxylic acids is 3. The van der Waals surface area contributed by atoms with Gasteiger partial charge >= 0.3 is 5.97 Å². The second kappa shape index (κ2) is 10.3. The number of rotatable bonds is 9. The Morgan fingerprint density at radius 1 is 1.14 bits per heavy atom. The maximum absolute atomic E-state index is 12.1. The molecule has 0 spiro atoms. The number of thiophene rings is 1. The minimum absolute atomic E-state index is 0.316. The Kier molecular flexibility index (Phi) is 7.82. The van der Waals surface area contributed by atoms with Gasteiger partial charge < -0.3 is 24.8 Å². The second-order valence-electron chi connectivity index (χ2n) is 5.72. The third-order valence-corrected chi connectivity index (χ3v) is 4.65. The average molecular weight is 406 g/mol.